The van der Waals surface area contributed by atoms with Gasteiger partial charge in [-0.25, -0.2) is 4.79 Å². The fraction of sp³-hybridized carbons (Fsp3) is 0.125. The summed E-state index contributed by atoms with van der Waals surface area (Å²) in [6, 6.07) is 14.9. The van der Waals surface area contributed by atoms with Gasteiger partial charge in [-0.1, -0.05) is 41.9 Å². The molecular formula is C16H15ClN2O3. The van der Waals surface area contributed by atoms with Crippen LogP contribution in [-0.2, 0) is 4.79 Å². The van der Waals surface area contributed by atoms with Gasteiger partial charge in [-0.15, -0.1) is 0 Å². The Morgan fingerprint density at radius 3 is 2.27 bits per heavy atom. The molecule has 2 amide bonds. The Kier molecular flexibility index (Phi) is 5.38. The lowest BCUT2D eigenvalue weighted by Crippen LogP contribution is -2.34. The van der Waals surface area contributed by atoms with Crippen LogP contribution < -0.4 is 10.6 Å². The van der Waals surface area contributed by atoms with Crippen molar-refractivity contribution in [3.63, 3.8) is 0 Å². The molecular weight excluding hydrogens is 304 g/mol. The number of carbonyl (C=O) groups excluding carboxylic acids is 1. The molecule has 0 bridgehead atoms. The van der Waals surface area contributed by atoms with Crippen molar-refractivity contribution in [2.45, 2.75) is 5.92 Å². The third-order valence-corrected chi connectivity index (χ3v) is 3.32. The summed E-state index contributed by atoms with van der Waals surface area (Å²) < 4.78 is 0. The Bertz CT molecular complexity index is 644. The monoisotopic (exact) mass is 318 g/mol. The van der Waals surface area contributed by atoms with Crippen molar-refractivity contribution < 1.29 is 14.7 Å². The summed E-state index contributed by atoms with van der Waals surface area (Å²) in [7, 11) is 0. The third kappa shape index (κ3) is 4.49. The molecule has 2 aromatic rings. The Morgan fingerprint density at radius 2 is 1.68 bits per heavy atom. The molecule has 2 rings (SSSR count). The van der Waals surface area contributed by atoms with Gasteiger partial charge in [0, 0.05) is 17.3 Å². The largest absolute Gasteiger partial charge is 0.481 e. The van der Waals surface area contributed by atoms with E-state index in [1.807, 2.05) is 6.07 Å². The maximum absolute atomic E-state index is 11.8. The number of rotatable bonds is 5. The minimum Gasteiger partial charge on any atom is -0.481 e. The molecule has 0 aliphatic carbocycles. The van der Waals surface area contributed by atoms with E-state index < -0.39 is 17.9 Å². The number of benzene rings is 2. The van der Waals surface area contributed by atoms with E-state index in [1.54, 1.807) is 48.5 Å². The number of hydrogen-bond acceptors (Lipinski definition) is 2. The molecule has 0 heterocycles. The molecule has 1 atom stereocenters. The normalized spacial score (nSPS) is 11.5. The molecule has 22 heavy (non-hydrogen) atoms. The van der Waals surface area contributed by atoms with Gasteiger partial charge < -0.3 is 15.7 Å². The molecule has 0 aliphatic heterocycles. The van der Waals surface area contributed by atoms with Crippen LogP contribution in [0.3, 0.4) is 0 Å². The van der Waals surface area contributed by atoms with Crippen molar-refractivity contribution in [1.29, 1.82) is 0 Å². The van der Waals surface area contributed by atoms with Gasteiger partial charge in [0.2, 0.25) is 0 Å². The fourth-order valence-corrected chi connectivity index (χ4v) is 2.06. The van der Waals surface area contributed by atoms with E-state index in [4.69, 9.17) is 11.6 Å². The van der Waals surface area contributed by atoms with Crippen LogP contribution in [0.1, 0.15) is 11.5 Å². The van der Waals surface area contributed by atoms with Gasteiger partial charge in [0.05, 0.1) is 5.92 Å². The quantitative estimate of drug-likeness (QED) is 0.791. The van der Waals surface area contributed by atoms with Gasteiger partial charge in [0.15, 0.2) is 0 Å². The second kappa shape index (κ2) is 7.47. The van der Waals surface area contributed by atoms with Gasteiger partial charge in [0.25, 0.3) is 0 Å². The minimum atomic E-state index is -0.988. The number of anilines is 1. The standard InChI is InChI=1S/C16H15ClN2O3/c17-12-6-8-13(9-7-12)19-16(22)18-10-14(15(20)21)11-4-2-1-3-5-11/h1-9,14H,10H2,(H,20,21)(H2,18,19,22). The van der Waals surface area contributed by atoms with Crippen LogP contribution in [0.25, 0.3) is 0 Å². The van der Waals surface area contributed by atoms with Crippen molar-refractivity contribution in [1.82, 2.24) is 5.32 Å². The average molecular weight is 319 g/mol. The molecule has 0 saturated heterocycles. The molecule has 3 N–H and O–H groups in total. The molecule has 0 aromatic heterocycles. The SMILES string of the molecule is O=C(NCC(C(=O)O)c1ccccc1)Nc1ccc(Cl)cc1. The fourth-order valence-electron chi connectivity index (χ4n) is 1.94. The van der Waals surface area contributed by atoms with Crippen molar-refractivity contribution >= 4 is 29.3 Å². The van der Waals surface area contributed by atoms with Gasteiger partial charge in [-0.2, -0.15) is 0 Å². The van der Waals surface area contributed by atoms with E-state index in [0.29, 0.717) is 16.3 Å². The Balaban J connectivity index is 1.93. The van der Waals surface area contributed by atoms with Gasteiger partial charge in [-0.3, -0.25) is 4.79 Å². The van der Waals surface area contributed by atoms with E-state index in [9.17, 15) is 14.7 Å². The first-order chi connectivity index (χ1) is 10.6. The molecule has 0 saturated carbocycles. The highest BCUT2D eigenvalue weighted by Crippen LogP contribution is 2.15. The number of urea groups is 1. The summed E-state index contributed by atoms with van der Waals surface area (Å²) in [6.45, 7) is -0.00122. The lowest BCUT2D eigenvalue weighted by atomic mass is 9.99. The summed E-state index contributed by atoms with van der Waals surface area (Å²) in [6.07, 6.45) is 0. The molecule has 1 unspecified atom stereocenters. The van der Waals surface area contributed by atoms with Gasteiger partial charge >= 0.3 is 12.0 Å². The smallest absolute Gasteiger partial charge is 0.319 e. The van der Waals surface area contributed by atoms with Crippen LogP contribution >= 0.6 is 11.6 Å². The first-order valence-corrected chi connectivity index (χ1v) is 7.02. The van der Waals surface area contributed by atoms with Crippen molar-refractivity contribution in [3.8, 4) is 0 Å². The van der Waals surface area contributed by atoms with Crippen LogP contribution in [-0.4, -0.2) is 23.7 Å². The Hall–Kier alpha value is -2.53. The summed E-state index contributed by atoms with van der Waals surface area (Å²) in [5.41, 5.74) is 1.22. The van der Waals surface area contributed by atoms with Gasteiger partial charge in [0.1, 0.15) is 0 Å². The number of amides is 2. The van der Waals surface area contributed by atoms with Crippen LogP contribution in [0.4, 0.5) is 10.5 Å². The zero-order valence-electron chi connectivity index (χ0n) is 11.6. The maximum Gasteiger partial charge on any atom is 0.319 e. The molecule has 0 aliphatic rings. The molecule has 6 heteroatoms. The Morgan fingerprint density at radius 1 is 1.05 bits per heavy atom. The first-order valence-electron chi connectivity index (χ1n) is 6.64. The molecule has 5 nitrogen and oxygen atoms in total. The van der Waals surface area contributed by atoms with Crippen LogP contribution in [0, 0.1) is 0 Å². The maximum atomic E-state index is 11.8. The van der Waals surface area contributed by atoms with Crippen LogP contribution in [0.2, 0.25) is 5.02 Å². The second-order valence-electron chi connectivity index (χ2n) is 4.64. The predicted octanol–water partition coefficient (Wildman–Crippen LogP) is 3.33. The molecule has 0 fully saturated rings. The topological polar surface area (TPSA) is 78.4 Å². The van der Waals surface area contributed by atoms with Crippen molar-refractivity contribution in [2.75, 3.05) is 11.9 Å². The van der Waals surface area contributed by atoms with Crippen LogP contribution in [0.5, 0.6) is 0 Å². The number of carboxylic acids is 1. The average Bonchev–Trinajstić information content (AvgIpc) is 2.50. The molecule has 0 radical (unpaired) electrons. The van der Waals surface area contributed by atoms with Crippen LogP contribution in [0.15, 0.2) is 54.6 Å². The highest BCUT2D eigenvalue weighted by molar-refractivity contribution is 6.30. The Labute approximate surface area is 132 Å². The van der Waals surface area contributed by atoms with E-state index >= 15 is 0 Å². The van der Waals surface area contributed by atoms with E-state index in [1.165, 1.54) is 0 Å². The lowest BCUT2D eigenvalue weighted by Gasteiger charge is -2.14. The zero-order chi connectivity index (χ0) is 15.9. The number of carbonyl (C=O) groups is 2. The zero-order valence-corrected chi connectivity index (χ0v) is 12.4. The van der Waals surface area contributed by atoms with E-state index in [0.717, 1.165) is 0 Å². The van der Waals surface area contributed by atoms with Crippen molar-refractivity contribution in [2.24, 2.45) is 0 Å². The van der Waals surface area contributed by atoms with Crippen molar-refractivity contribution in [3.05, 3.63) is 65.2 Å². The van der Waals surface area contributed by atoms with Gasteiger partial charge in [-0.05, 0) is 29.8 Å². The number of halogens is 1. The molecule has 2 aromatic carbocycles. The predicted molar refractivity (Wildman–Crippen MR) is 85.3 cm³/mol. The highest BCUT2D eigenvalue weighted by Gasteiger charge is 2.20. The number of aliphatic carboxylic acids is 1. The number of hydrogen-bond donors (Lipinski definition) is 3. The lowest BCUT2D eigenvalue weighted by molar-refractivity contribution is -0.138. The van der Waals surface area contributed by atoms with E-state index in [2.05, 4.69) is 10.6 Å². The molecule has 114 valence electrons. The third-order valence-electron chi connectivity index (χ3n) is 3.07. The summed E-state index contributed by atoms with van der Waals surface area (Å²) in [5.74, 6) is -1.78. The highest BCUT2D eigenvalue weighted by atomic mass is 35.5. The number of nitrogens with one attached hydrogen (secondary N) is 2. The minimum absolute atomic E-state index is 0.00122. The summed E-state index contributed by atoms with van der Waals surface area (Å²) in [4.78, 5) is 23.1. The summed E-state index contributed by atoms with van der Waals surface area (Å²) >= 11 is 5.76. The molecule has 0 spiro atoms. The number of carboxylic acid groups (broad SMARTS) is 1. The first kappa shape index (κ1) is 15.9. The second-order valence-corrected chi connectivity index (χ2v) is 5.08. The summed E-state index contributed by atoms with van der Waals surface area (Å²) in [5, 5.41) is 15.0. The van der Waals surface area contributed by atoms with E-state index in [-0.39, 0.29) is 6.54 Å².